The number of nitrogens with zero attached hydrogens (tertiary/aromatic N) is 1. The Hall–Kier alpha value is -2.35. The highest BCUT2D eigenvalue weighted by molar-refractivity contribution is 6.05. The molecule has 0 spiro atoms. The van der Waals surface area contributed by atoms with E-state index in [2.05, 4.69) is 20.9 Å². The zero-order chi connectivity index (χ0) is 20.2. The molecular formula is C22H28Cl2N4O3. The number of anilines is 2. The van der Waals surface area contributed by atoms with Gasteiger partial charge in [-0.2, -0.15) is 0 Å². The first-order chi connectivity index (χ1) is 14.1. The summed E-state index contributed by atoms with van der Waals surface area (Å²) in [5.74, 6) is 0.674. The first-order valence-corrected chi connectivity index (χ1v) is 10.1. The van der Waals surface area contributed by atoms with Gasteiger partial charge in [-0.1, -0.05) is 0 Å². The number of nitrogens with one attached hydrogen (secondary N) is 3. The molecule has 31 heavy (non-hydrogen) atoms. The molecule has 0 radical (unpaired) electrons. The van der Waals surface area contributed by atoms with Crippen LogP contribution in [0.5, 0.6) is 5.75 Å². The number of piperidine rings is 1. The van der Waals surface area contributed by atoms with Crippen LogP contribution >= 0.6 is 24.8 Å². The smallest absolute Gasteiger partial charge is 0.257 e. The molecule has 9 heteroatoms. The second-order valence-corrected chi connectivity index (χ2v) is 7.84. The van der Waals surface area contributed by atoms with E-state index >= 15 is 0 Å². The maximum absolute atomic E-state index is 12.5. The second-order valence-electron chi connectivity index (χ2n) is 7.84. The van der Waals surface area contributed by atoms with Gasteiger partial charge in [-0.15, -0.1) is 24.8 Å². The van der Waals surface area contributed by atoms with Crippen LogP contribution in [0.15, 0.2) is 42.7 Å². The SMILES string of the molecule is COc1cc(NC(=O)CC2CC3CCC(C2)N3)ccc1NC(=O)c1cccnc1.Cl.Cl. The summed E-state index contributed by atoms with van der Waals surface area (Å²) in [6, 6.07) is 9.78. The van der Waals surface area contributed by atoms with Crippen molar-refractivity contribution < 1.29 is 14.3 Å². The lowest BCUT2D eigenvalue weighted by Crippen LogP contribution is -2.39. The molecule has 2 saturated heterocycles. The molecule has 2 fully saturated rings. The minimum atomic E-state index is -0.270. The van der Waals surface area contributed by atoms with Crippen molar-refractivity contribution in [3.63, 3.8) is 0 Å². The van der Waals surface area contributed by atoms with E-state index in [-0.39, 0.29) is 36.6 Å². The van der Waals surface area contributed by atoms with E-state index in [9.17, 15) is 9.59 Å². The number of ether oxygens (including phenoxy) is 1. The number of benzene rings is 1. The van der Waals surface area contributed by atoms with Gasteiger partial charge in [0.05, 0.1) is 18.4 Å². The molecule has 4 rings (SSSR count). The van der Waals surface area contributed by atoms with Crippen LogP contribution in [0.25, 0.3) is 0 Å². The minimum Gasteiger partial charge on any atom is -0.494 e. The van der Waals surface area contributed by atoms with E-state index in [1.54, 1.807) is 36.5 Å². The molecule has 7 nitrogen and oxygen atoms in total. The molecule has 2 unspecified atom stereocenters. The molecule has 2 amide bonds. The van der Waals surface area contributed by atoms with Crippen LogP contribution in [0.3, 0.4) is 0 Å². The van der Waals surface area contributed by atoms with E-state index in [0.29, 0.717) is 47.1 Å². The Labute approximate surface area is 194 Å². The standard InChI is InChI=1S/C22H26N4O3.2ClH/c1-29-20-12-18(6-7-19(20)26-22(28)15-3-2-8-23-13-15)25-21(27)11-14-9-16-4-5-17(10-14)24-16;;/h2-3,6-8,12-14,16-17,24H,4-5,9-11H2,1H3,(H,25,27)(H,26,28);2*1H. The largest absolute Gasteiger partial charge is 0.494 e. The highest BCUT2D eigenvalue weighted by Gasteiger charge is 2.34. The number of rotatable bonds is 6. The summed E-state index contributed by atoms with van der Waals surface area (Å²) in [5, 5.41) is 9.39. The van der Waals surface area contributed by atoms with Crippen LogP contribution in [0, 0.1) is 5.92 Å². The number of aromatic nitrogens is 1. The Morgan fingerprint density at radius 3 is 2.52 bits per heavy atom. The van der Waals surface area contributed by atoms with Gasteiger partial charge < -0.3 is 20.7 Å². The van der Waals surface area contributed by atoms with Crippen LogP contribution in [0.1, 0.15) is 42.5 Å². The number of hydrogen-bond acceptors (Lipinski definition) is 5. The summed E-state index contributed by atoms with van der Waals surface area (Å²) in [6.45, 7) is 0. The van der Waals surface area contributed by atoms with Crippen molar-refractivity contribution in [3.8, 4) is 5.75 Å². The highest BCUT2D eigenvalue weighted by Crippen LogP contribution is 2.33. The minimum absolute atomic E-state index is 0. The fourth-order valence-electron chi connectivity index (χ4n) is 4.38. The van der Waals surface area contributed by atoms with Gasteiger partial charge in [0, 0.05) is 42.7 Å². The normalized spacial score (nSPS) is 21.3. The van der Waals surface area contributed by atoms with Crippen LogP contribution < -0.4 is 20.7 Å². The number of hydrogen-bond donors (Lipinski definition) is 3. The molecule has 168 valence electrons. The molecule has 2 aromatic rings. The second kappa shape index (κ2) is 11.3. The Morgan fingerprint density at radius 1 is 1.13 bits per heavy atom. The Morgan fingerprint density at radius 2 is 1.87 bits per heavy atom. The van der Waals surface area contributed by atoms with Gasteiger partial charge in [-0.05, 0) is 55.9 Å². The van der Waals surface area contributed by atoms with E-state index in [0.717, 1.165) is 12.8 Å². The number of amides is 2. The quantitative estimate of drug-likeness (QED) is 0.597. The number of fused-ring (bicyclic) bond motifs is 2. The summed E-state index contributed by atoms with van der Waals surface area (Å²) in [6.07, 6.45) is 8.26. The number of pyridine rings is 1. The molecule has 2 aliphatic heterocycles. The Balaban J connectivity index is 0.00000171. The molecule has 1 aromatic heterocycles. The van der Waals surface area contributed by atoms with Gasteiger partial charge in [0.15, 0.2) is 0 Å². The predicted octanol–water partition coefficient (Wildman–Crippen LogP) is 4.05. The van der Waals surface area contributed by atoms with Gasteiger partial charge >= 0.3 is 0 Å². The van der Waals surface area contributed by atoms with E-state index < -0.39 is 0 Å². The van der Waals surface area contributed by atoms with Crippen LogP contribution in [0.4, 0.5) is 11.4 Å². The fraction of sp³-hybridized carbons (Fsp3) is 0.409. The van der Waals surface area contributed by atoms with Gasteiger partial charge in [0.1, 0.15) is 5.75 Å². The van der Waals surface area contributed by atoms with E-state index in [4.69, 9.17) is 4.74 Å². The third-order valence-electron chi connectivity index (χ3n) is 5.70. The Bertz CT molecular complexity index is 886. The number of carbonyl (C=O) groups excluding carboxylic acids is 2. The van der Waals surface area contributed by atoms with Gasteiger partial charge in [0.2, 0.25) is 5.91 Å². The average Bonchev–Trinajstić information content (AvgIpc) is 3.07. The van der Waals surface area contributed by atoms with Crippen LogP contribution in [0.2, 0.25) is 0 Å². The van der Waals surface area contributed by atoms with Gasteiger partial charge in [-0.3, -0.25) is 14.6 Å². The zero-order valence-corrected chi connectivity index (χ0v) is 18.9. The summed E-state index contributed by atoms with van der Waals surface area (Å²) in [7, 11) is 1.53. The number of halogens is 2. The molecule has 2 atom stereocenters. The van der Waals surface area contributed by atoms with Gasteiger partial charge in [-0.25, -0.2) is 0 Å². The molecule has 0 saturated carbocycles. The molecule has 1 aromatic carbocycles. The first-order valence-electron chi connectivity index (χ1n) is 10.1. The topological polar surface area (TPSA) is 92.4 Å². The van der Waals surface area contributed by atoms with E-state index in [1.807, 2.05) is 0 Å². The molecule has 0 aliphatic carbocycles. The monoisotopic (exact) mass is 466 g/mol. The van der Waals surface area contributed by atoms with Gasteiger partial charge in [0.25, 0.3) is 5.91 Å². The summed E-state index contributed by atoms with van der Waals surface area (Å²) < 4.78 is 5.40. The fourth-order valence-corrected chi connectivity index (χ4v) is 4.38. The number of carbonyl (C=O) groups is 2. The Kier molecular flexibility index (Phi) is 9.10. The third-order valence-corrected chi connectivity index (χ3v) is 5.70. The summed E-state index contributed by atoms with van der Waals surface area (Å²) in [4.78, 5) is 28.8. The highest BCUT2D eigenvalue weighted by atomic mass is 35.5. The summed E-state index contributed by atoms with van der Waals surface area (Å²) >= 11 is 0. The lowest BCUT2D eigenvalue weighted by Gasteiger charge is -2.28. The van der Waals surface area contributed by atoms with Crippen molar-refractivity contribution >= 4 is 48.0 Å². The number of methoxy groups -OCH3 is 1. The van der Waals surface area contributed by atoms with Crippen molar-refractivity contribution in [2.45, 2.75) is 44.2 Å². The third kappa shape index (κ3) is 6.32. The van der Waals surface area contributed by atoms with Crippen molar-refractivity contribution in [2.24, 2.45) is 5.92 Å². The maximum Gasteiger partial charge on any atom is 0.257 e. The summed E-state index contributed by atoms with van der Waals surface area (Å²) in [5.41, 5.74) is 1.65. The lowest BCUT2D eigenvalue weighted by atomic mass is 9.89. The molecule has 3 N–H and O–H groups in total. The predicted molar refractivity (Wildman–Crippen MR) is 126 cm³/mol. The average molecular weight is 467 g/mol. The molecule has 2 aliphatic rings. The van der Waals surface area contributed by atoms with Crippen molar-refractivity contribution in [1.82, 2.24) is 10.3 Å². The maximum atomic E-state index is 12.5. The lowest BCUT2D eigenvalue weighted by molar-refractivity contribution is -0.117. The van der Waals surface area contributed by atoms with Crippen LogP contribution in [-0.2, 0) is 4.79 Å². The zero-order valence-electron chi connectivity index (χ0n) is 17.3. The first kappa shape index (κ1) is 24.9. The molecule has 3 heterocycles. The molecule has 2 bridgehead atoms. The molecular weight excluding hydrogens is 439 g/mol. The van der Waals surface area contributed by atoms with Crippen molar-refractivity contribution in [3.05, 3.63) is 48.3 Å². The van der Waals surface area contributed by atoms with Crippen LogP contribution in [-0.4, -0.2) is 36.0 Å². The van der Waals surface area contributed by atoms with E-state index in [1.165, 1.54) is 26.1 Å². The van der Waals surface area contributed by atoms with Crippen molar-refractivity contribution in [1.29, 1.82) is 0 Å². The van der Waals surface area contributed by atoms with Crippen molar-refractivity contribution in [2.75, 3.05) is 17.7 Å².